The van der Waals surface area contributed by atoms with Crippen LogP contribution in [0, 0.1) is 11.3 Å². The maximum Gasteiger partial charge on any atom is 0.0622 e. The van der Waals surface area contributed by atoms with Crippen LogP contribution in [0.1, 0.15) is 26.7 Å². The highest BCUT2D eigenvalue weighted by Gasteiger charge is 1.81. The quantitative estimate of drug-likeness (QED) is 0.417. The minimum absolute atomic E-state index is 0.622. The van der Waals surface area contributed by atoms with Crippen LogP contribution in [0.2, 0.25) is 0 Å². The molecule has 9 heavy (non-hydrogen) atoms. The molecule has 0 aromatic heterocycles. The van der Waals surface area contributed by atoms with E-state index in [9.17, 15) is 0 Å². The van der Waals surface area contributed by atoms with Crippen molar-refractivity contribution in [1.29, 1.82) is 5.26 Å². The third-order valence-corrected chi connectivity index (χ3v) is 0.875. The summed E-state index contributed by atoms with van der Waals surface area (Å²) in [5.41, 5.74) is 1.09. The van der Waals surface area contributed by atoms with Crippen molar-refractivity contribution in [3.05, 3.63) is 0 Å². The number of nitriles is 1. The SMILES string of the molecule is CC(C)=NCCCC#N. The summed E-state index contributed by atoms with van der Waals surface area (Å²) in [5, 5.41) is 8.13. The van der Waals surface area contributed by atoms with Crippen LogP contribution in [0.4, 0.5) is 0 Å². The van der Waals surface area contributed by atoms with Crippen molar-refractivity contribution in [3.8, 4) is 6.07 Å². The Morgan fingerprint density at radius 2 is 2.22 bits per heavy atom. The Bertz CT molecular complexity index is 126. The standard InChI is InChI=1S/C7H12N2/c1-7(2)9-6-4-3-5-8/h3-4,6H2,1-2H3. The van der Waals surface area contributed by atoms with E-state index in [1.165, 1.54) is 0 Å². The lowest BCUT2D eigenvalue weighted by molar-refractivity contribution is 0.862. The summed E-state index contributed by atoms with van der Waals surface area (Å²) < 4.78 is 0. The molecular formula is C7H12N2. The second-order valence-corrected chi connectivity index (χ2v) is 2.09. The van der Waals surface area contributed by atoms with E-state index in [-0.39, 0.29) is 0 Å². The molecule has 0 aliphatic rings. The minimum Gasteiger partial charge on any atom is -0.295 e. The first kappa shape index (κ1) is 8.16. The Morgan fingerprint density at radius 1 is 1.56 bits per heavy atom. The Morgan fingerprint density at radius 3 is 2.67 bits per heavy atom. The van der Waals surface area contributed by atoms with Gasteiger partial charge < -0.3 is 0 Å². The number of hydrogen-bond donors (Lipinski definition) is 0. The summed E-state index contributed by atoms with van der Waals surface area (Å²) in [6.45, 7) is 4.73. The van der Waals surface area contributed by atoms with Crippen LogP contribution in [-0.4, -0.2) is 12.3 Å². The summed E-state index contributed by atoms with van der Waals surface area (Å²) in [7, 11) is 0. The van der Waals surface area contributed by atoms with E-state index < -0.39 is 0 Å². The molecule has 0 saturated carbocycles. The first-order chi connectivity index (χ1) is 4.27. The van der Waals surface area contributed by atoms with E-state index in [1.54, 1.807) is 0 Å². The molecule has 0 atom stereocenters. The normalized spacial score (nSPS) is 8.11. The van der Waals surface area contributed by atoms with Gasteiger partial charge in [-0.05, 0) is 20.3 Å². The van der Waals surface area contributed by atoms with Crippen molar-refractivity contribution in [3.63, 3.8) is 0 Å². The molecule has 2 nitrogen and oxygen atoms in total. The van der Waals surface area contributed by atoms with Crippen molar-refractivity contribution in [2.45, 2.75) is 26.7 Å². The number of aliphatic imine (C=N–C) groups is 1. The third-order valence-electron chi connectivity index (χ3n) is 0.875. The second-order valence-electron chi connectivity index (χ2n) is 2.09. The first-order valence-corrected chi connectivity index (χ1v) is 3.12. The molecule has 50 valence electrons. The minimum atomic E-state index is 0.622. The van der Waals surface area contributed by atoms with Crippen molar-refractivity contribution >= 4 is 5.71 Å². The predicted octanol–water partition coefficient (Wildman–Crippen LogP) is 1.77. The maximum atomic E-state index is 8.13. The summed E-state index contributed by atoms with van der Waals surface area (Å²) in [6, 6.07) is 2.07. The third kappa shape index (κ3) is 7.16. The molecular weight excluding hydrogens is 112 g/mol. The molecule has 0 unspecified atom stereocenters. The van der Waals surface area contributed by atoms with Gasteiger partial charge in [-0.2, -0.15) is 5.26 Å². The van der Waals surface area contributed by atoms with Crippen molar-refractivity contribution < 1.29 is 0 Å². The Balaban J connectivity index is 3.12. The van der Waals surface area contributed by atoms with Gasteiger partial charge in [0, 0.05) is 18.7 Å². The lowest BCUT2D eigenvalue weighted by atomic mass is 10.3. The molecule has 0 fully saturated rings. The van der Waals surface area contributed by atoms with Gasteiger partial charge in [-0.25, -0.2) is 0 Å². The van der Waals surface area contributed by atoms with E-state index in [0.717, 1.165) is 18.7 Å². The van der Waals surface area contributed by atoms with Gasteiger partial charge in [0.15, 0.2) is 0 Å². The molecule has 0 aromatic carbocycles. The average molecular weight is 124 g/mol. The molecule has 0 aliphatic carbocycles. The van der Waals surface area contributed by atoms with Crippen LogP contribution in [0.25, 0.3) is 0 Å². The maximum absolute atomic E-state index is 8.13. The molecule has 0 N–H and O–H groups in total. The van der Waals surface area contributed by atoms with Gasteiger partial charge in [0.1, 0.15) is 0 Å². The second kappa shape index (κ2) is 5.30. The fourth-order valence-corrected chi connectivity index (χ4v) is 0.461. The number of unbranched alkanes of at least 4 members (excludes halogenated alkanes) is 1. The zero-order chi connectivity index (χ0) is 7.11. The zero-order valence-corrected chi connectivity index (χ0v) is 6.02. The van der Waals surface area contributed by atoms with Gasteiger partial charge >= 0.3 is 0 Å². The summed E-state index contributed by atoms with van der Waals surface area (Å²) in [4.78, 5) is 4.13. The van der Waals surface area contributed by atoms with E-state index in [2.05, 4.69) is 11.1 Å². The molecule has 0 saturated heterocycles. The predicted molar refractivity (Wildman–Crippen MR) is 38.5 cm³/mol. The van der Waals surface area contributed by atoms with E-state index in [4.69, 9.17) is 5.26 Å². The first-order valence-electron chi connectivity index (χ1n) is 3.12. The Hall–Kier alpha value is -0.840. The van der Waals surface area contributed by atoms with Crippen molar-refractivity contribution in [1.82, 2.24) is 0 Å². The Labute approximate surface area is 56.2 Å². The number of rotatable bonds is 3. The summed E-state index contributed by atoms with van der Waals surface area (Å²) >= 11 is 0. The van der Waals surface area contributed by atoms with Gasteiger partial charge in [0.2, 0.25) is 0 Å². The van der Waals surface area contributed by atoms with Gasteiger partial charge in [-0.3, -0.25) is 4.99 Å². The molecule has 0 aliphatic heterocycles. The zero-order valence-electron chi connectivity index (χ0n) is 6.02. The molecule has 0 radical (unpaired) electrons. The summed E-state index contributed by atoms with van der Waals surface area (Å²) in [6.07, 6.45) is 1.51. The number of nitrogens with zero attached hydrogens (tertiary/aromatic N) is 2. The molecule has 0 spiro atoms. The number of hydrogen-bond acceptors (Lipinski definition) is 2. The molecule has 0 bridgehead atoms. The smallest absolute Gasteiger partial charge is 0.0622 e. The van der Waals surface area contributed by atoms with Crippen LogP contribution in [0.15, 0.2) is 4.99 Å². The topological polar surface area (TPSA) is 36.1 Å². The molecule has 0 heterocycles. The van der Waals surface area contributed by atoms with Gasteiger partial charge in [0.05, 0.1) is 6.07 Å². The highest BCUT2D eigenvalue weighted by Crippen LogP contribution is 1.87. The molecule has 0 amide bonds. The van der Waals surface area contributed by atoms with Crippen LogP contribution < -0.4 is 0 Å². The highest BCUT2D eigenvalue weighted by molar-refractivity contribution is 5.78. The van der Waals surface area contributed by atoms with E-state index >= 15 is 0 Å². The van der Waals surface area contributed by atoms with Gasteiger partial charge in [0.25, 0.3) is 0 Å². The highest BCUT2D eigenvalue weighted by atomic mass is 14.7. The van der Waals surface area contributed by atoms with Crippen LogP contribution in [0.5, 0.6) is 0 Å². The fourth-order valence-electron chi connectivity index (χ4n) is 0.461. The van der Waals surface area contributed by atoms with Crippen LogP contribution in [0.3, 0.4) is 0 Å². The fraction of sp³-hybridized carbons (Fsp3) is 0.714. The van der Waals surface area contributed by atoms with Gasteiger partial charge in [-0.15, -0.1) is 0 Å². The average Bonchev–Trinajstić information content (AvgIpc) is 1.80. The van der Waals surface area contributed by atoms with Crippen molar-refractivity contribution in [2.24, 2.45) is 4.99 Å². The lowest BCUT2D eigenvalue weighted by Gasteiger charge is -1.88. The van der Waals surface area contributed by atoms with E-state index in [0.29, 0.717) is 6.42 Å². The Kier molecular flexibility index (Phi) is 4.81. The lowest BCUT2D eigenvalue weighted by Crippen LogP contribution is -1.85. The molecule has 0 rings (SSSR count). The molecule has 0 aromatic rings. The summed E-state index contributed by atoms with van der Waals surface area (Å²) in [5.74, 6) is 0. The monoisotopic (exact) mass is 124 g/mol. The van der Waals surface area contributed by atoms with Crippen LogP contribution >= 0.6 is 0 Å². The largest absolute Gasteiger partial charge is 0.295 e. The van der Waals surface area contributed by atoms with Gasteiger partial charge in [-0.1, -0.05) is 0 Å². The van der Waals surface area contributed by atoms with Crippen molar-refractivity contribution in [2.75, 3.05) is 6.54 Å². The van der Waals surface area contributed by atoms with E-state index in [1.807, 2.05) is 13.8 Å². The van der Waals surface area contributed by atoms with Crippen LogP contribution in [-0.2, 0) is 0 Å². The molecule has 2 heteroatoms.